The van der Waals surface area contributed by atoms with E-state index in [1.165, 1.54) is 6.08 Å². The Morgan fingerprint density at radius 1 is 1.18 bits per heavy atom. The molecule has 28 heavy (non-hydrogen) atoms. The van der Waals surface area contributed by atoms with Crippen LogP contribution in [0.1, 0.15) is 15.9 Å². The molecule has 2 amide bonds. The highest BCUT2D eigenvalue weighted by Crippen LogP contribution is 2.16. The standard InChI is InChI=1S/C20H20ClN3O3S/c1-27-12-11-22-19(26)15-6-4-7-16(13-15)23-20(28)24-18(25)10-9-14-5-2-3-8-17(14)21/h2-10,13H,11-12H2,1H3,(H,22,26)(H2,23,24,25,28)/b10-9+. The number of amides is 2. The molecule has 0 heterocycles. The second-order valence-corrected chi connectivity index (χ2v) is 6.44. The second-order valence-electron chi connectivity index (χ2n) is 5.63. The summed E-state index contributed by atoms with van der Waals surface area (Å²) in [6, 6.07) is 14.0. The number of carbonyl (C=O) groups is 2. The number of thiocarbonyl (C=S) groups is 1. The summed E-state index contributed by atoms with van der Waals surface area (Å²) in [6.45, 7) is 0.848. The van der Waals surface area contributed by atoms with Crippen LogP contribution in [0.25, 0.3) is 6.08 Å². The van der Waals surface area contributed by atoms with Gasteiger partial charge >= 0.3 is 0 Å². The van der Waals surface area contributed by atoms with E-state index >= 15 is 0 Å². The lowest BCUT2D eigenvalue weighted by Gasteiger charge is -2.10. The third-order valence-corrected chi connectivity index (χ3v) is 4.08. The number of hydrogen-bond donors (Lipinski definition) is 3. The van der Waals surface area contributed by atoms with Crippen molar-refractivity contribution in [1.82, 2.24) is 10.6 Å². The van der Waals surface area contributed by atoms with Gasteiger partial charge in [0.2, 0.25) is 5.91 Å². The normalized spacial score (nSPS) is 10.5. The predicted octanol–water partition coefficient (Wildman–Crippen LogP) is 3.24. The fourth-order valence-electron chi connectivity index (χ4n) is 2.20. The fourth-order valence-corrected chi connectivity index (χ4v) is 2.62. The van der Waals surface area contributed by atoms with E-state index in [4.69, 9.17) is 28.6 Å². The largest absolute Gasteiger partial charge is 0.383 e. The Morgan fingerprint density at radius 3 is 2.71 bits per heavy atom. The van der Waals surface area contributed by atoms with Crippen LogP contribution >= 0.6 is 23.8 Å². The fraction of sp³-hybridized carbons (Fsp3) is 0.150. The molecule has 3 N–H and O–H groups in total. The number of benzene rings is 2. The van der Waals surface area contributed by atoms with Crippen molar-refractivity contribution in [3.8, 4) is 0 Å². The number of rotatable bonds is 7. The van der Waals surface area contributed by atoms with Crippen LogP contribution in [0.4, 0.5) is 5.69 Å². The van der Waals surface area contributed by atoms with Gasteiger partial charge in [-0.3, -0.25) is 14.9 Å². The van der Waals surface area contributed by atoms with Crippen LogP contribution in [-0.4, -0.2) is 37.2 Å². The van der Waals surface area contributed by atoms with E-state index in [0.717, 1.165) is 5.56 Å². The minimum Gasteiger partial charge on any atom is -0.383 e. The summed E-state index contributed by atoms with van der Waals surface area (Å²) in [6.07, 6.45) is 2.94. The van der Waals surface area contributed by atoms with Gasteiger partial charge in [0.05, 0.1) is 6.61 Å². The Kier molecular flexibility index (Phi) is 8.61. The highest BCUT2D eigenvalue weighted by molar-refractivity contribution is 7.80. The molecular weight excluding hydrogens is 398 g/mol. The molecule has 0 atom stereocenters. The van der Waals surface area contributed by atoms with Gasteiger partial charge in [0.15, 0.2) is 5.11 Å². The van der Waals surface area contributed by atoms with Gasteiger partial charge in [-0.15, -0.1) is 0 Å². The van der Waals surface area contributed by atoms with Crippen LogP contribution in [0, 0.1) is 0 Å². The van der Waals surface area contributed by atoms with Crippen LogP contribution < -0.4 is 16.0 Å². The third-order valence-electron chi connectivity index (χ3n) is 3.53. The van der Waals surface area contributed by atoms with Crippen molar-refractivity contribution in [2.45, 2.75) is 0 Å². The first kappa shape index (κ1) is 21.6. The lowest BCUT2D eigenvalue weighted by atomic mass is 10.2. The quantitative estimate of drug-likeness (QED) is 0.366. The third kappa shape index (κ3) is 7.11. The number of anilines is 1. The Balaban J connectivity index is 1.90. The molecule has 2 rings (SSSR count). The Hall–Kier alpha value is -2.74. The van der Waals surface area contributed by atoms with Gasteiger partial charge in [-0.05, 0) is 48.1 Å². The van der Waals surface area contributed by atoms with Crippen molar-refractivity contribution in [2.24, 2.45) is 0 Å². The van der Waals surface area contributed by atoms with Crippen molar-refractivity contribution in [2.75, 3.05) is 25.6 Å². The molecule has 0 aliphatic rings. The molecule has 0 radical (unpaired) electrons. The molecule has 2 aromatic rings. The molecule has 8 heteroatoms. The minimum absolute atomic E-state index is 0.116. The van der Waals surface area contributed by atoms with E-state index in [0.29, 0.717) is 29.4 Å². The van der Waals surface area contributed by atoms with Crippen molar-refractivity contribution in [3.63, 3.8) is 0 Å². The number of hydrogen-bond acceptors (Lipinski definition) is 4. The maximum absolute atomic E-state index is 12.1. The van der Waals surface area contributed by atoms with Crippen LogP contribution in [0.3, 0.4) is 0 Å². The number of halogens is 1. The van der Waals surface area contributed by atoms with Crippen LogP contribution in [0.15, 0.2) is 54.6 Å². The monoisotopic (exact) mass is 417 g/mol. The molecule has 0 spiro atoms. The van der Waals surface area contributed by atoms with E-state index in [2.05, 4.69) is 16.0 Å². The maximum atomic E-state index is 12.1. The molecule has 6 nitrogen and oxygen atoms in total. The van der Waals surface area contributed by atoms with Gasteiger partial charge in [-0.1, -0.05) is 35.9 Å². The predicted molar refractivity (Wildman–Crippen MR) is 116 cm³/mol. The van der Waals surface area contributed by atoms with Gasteiger partial charge in [-0.25, -0.2) is 0 Å². The van der Waals surface area contributed by atoms with Crippen molar-refractivity contribution >= 4 is 52.5 Å². The van der Waals surface area contributed by atoms with Crippen molar-refractivity contribution < 1.29 is 14.3 Å². The molecule has 0 unspecified atom stereocenters. The summed E-state index contributed by atoms with van der Waals surface area (Å²) in [5.41, 5.74) is 1.78. The Bertz CT molecular complexity index is 887. The highest BCUT2D eigenvalue weighted by Gasteiger charge is 2.07. The minimum atomic E-state index is -0.397. The van der Waals surface area contributed by atoms with Crippen molar-refractivity contribution in [3.05, 3.63) is 70.8 Å². The van der Waals surface area contributed by atoms with Crippen molar-refractivity contribution in [1.29, 1.82) is 0 Å². The number of nitrogens with one attached hydrogen (secondary N) is 3. The summed E-state index contributed by atoms with van der Waals surface area (Å²) in [4.78, 5) is 24.1. The van der Waals surface area contributed by atoms with Crippen LogP contribution in [0.5, 0.6) is 0 Å². The van der Waals surface area contributed by atoms with E-state index in [1.807, 2.05) is 12.1 Å². The summed E-state index contributed by atoms with van der Waals surface area (Å²) in [5, 5.41) is 8.82. The zero-order valence-electron chi connectivity index (χ0n) is 15.2. The van der Waals surface area contributed by atoms with Gasteiger partial charge in [-0.2, -0.15) is 0 Å². The van der Waals surface area contributed by atoms with Gasteiger partial charge in [0, 0.05) is 36.0 Å². The van der Waals surface area contributed by atoms with Crippen LogP contribution in [0.2, 0.25) is 5.02 Å². The Labute approximate surface area is 173 Å². The van der Waals surface area contributed by atoms with Gasteiger partial charge in [0.1, 0.15) is 0 Å². The van der Waals surface area contributed by atoms with E-state index in [9.17, 15) is 9.59 Å². The smallest absolute Gasteiger partial charge is 0.251 e. The summed E-state index contributed by atoms with van der Waals surface area (Å²) in [5.74, 6) is -0.621. The molecule has 0 aromatic heterocycles. The molecule has 0 saturated carbocycles. The second kappa shape index (κ2) is 11.2. The molecule has 146 valence electrons. The van der Waals surface area contributed by atoms with Gasteiger partial charge < -0.3 is 15.4 Å². The number of carbonyl (C=O) groups excluding carboxylic acids is 2. The molecular formula is C20H20ClN3O3S. The zero-order valence-corrected chi connectivity index (χ0v) is 16.8. The molecule has 2 aromatic carbocycles. The van der Waals surface area contributed by atoms with Crippen LogP contribution in [-0.2, 0) is 9.53 Å². The lowest BCUT2D eigenvalue weighted by Crippen LogP contribution is -2.33. The molecule has 0 saturated heterocycles. The summed E-state index contributed by atoms with van der Waals surface area (Å²) < 4.78 is 4.90. The summed E-state index contributed by atoms with van der Waals surface area (Å²) >= 11 is 11.2. The first-order valence-electron chi connectivity index (χ1n) is 8.41. The number of ether oxygens (including phenoxy) is 1. The first-order valence-corrected chi connectivity index (χ1v) is 9.20. The molecule has 0 bridgehead atoms. The zero-order chi connectivity index (χ0) is 20.4. The maximum Gasteiger partial charge on any atom is 0.251 e. The lowest BCUT2D eigenvalue weighted by molar-refractivity contribution is -0.115. The SMILES string of the molecule is COCCNC(=O)c1cccc(NC(=S)NC(=O)/C=C/c2ccccc2Cl)c1. The van der Waals surface area contributed by atoms with E-state index < -0.39 is 5.91 Å². The average molecular weight is 418 g/mol. The average Bonchev–Trinajstić information content (AvgIpc) is 2.67. The van der Waals surface area contributed by atoms with Gasteiger partial charge in [0.25, 0.3) is 5.91 Å². The molecule has 0 aliphatic heterocycles. The topological polar surface area (TPSA) is 79.5 Å². The Morgan fingerprint density at radius 2 is 1.96 bits per heavy atom. The highest BCUT2D eigenvalue weighted by atomic mass is 35.5. The molecule has 0 fully saturated rings. The molecule has 0 aliphatic carbocycles. The summed E-state index contributed by atoms with van der Waals surface area (Å²) in [7, 11) is 1.57. The first-order chi connectivity index (χ1) is 13.5. The van der Waals surface area contributed by atoms with E-state index in [-0.39, 0.29) is 11.0 Å². The number of methoxy groups -OCH3 is 1. The van der Waals surface area contributed by atoms with E-state index in [1.54, 1.807) is 49.6 Å².